The number of nitrogens with zero attached hydrogens (tertiary/aromatic N) is 1. The lowest BCUT2D eigenvalue weighted by molar-refractivity contribution is 0.169. The molecule has 1 aromatic rings. The molecular formula is C16H25FN2. The lowest BCUT2D eigenvalue weighted by Gasteiger charge is -2.34. The van der Waals surface area contributed by atoms with Gasteiger partial charge in [-0.3, -0.25) is 4.90 Å². The zero-order chi connectivity index (χ0) is 13.8. The van der Waals surface area contributed by atoms with Gasteiger partial charge in [0.05, 0.1) is 0 Å². The molecule has 1 aliphatic rings. The Morgan fingerprint density at radius 3 is 2.58 bits per heavy atom. The second-order valence-corrected chi connectivity index (χ2v) is 5.78. The third-order valence-corrected chi connectivity index (χ3v) is 4.46. The van der Waals surface area contributed by atoms with Gasteiger partial charge in [-0.2, -0.15) is 0 Å². The Kier molecular flexibility index (Phi) is 4.94. The highest BCUT2D eigenvalue weighted by Gasteiger charge is 2.23. The van der Waals surface area contributed by atoms with E-state index < -0.39 is 0 Å². The third-order valence-electron chi connectivity index (χ3n) is 4.46. The molecule has 0 aromatic heterocycles. The van der Waals surface area contributed by atoms with Crippen LogP contribution in [0.25, 0.3) is 0 Å². The van der Waals surface area contributed by atoms with E-state index in [0.717, 1.165) is 12.1 Å². The molecule has 1 aromatic carbocycles. The van der Waals surface area contributed by atoms with Crippen LogP contribution in [-0.4, -0.2) is 31.1 Å². The molecule has 1 aliphatic carbocycles. The van der Waals surface area contributed by atoms with Gasteiger partial charge in [0.1, 0.15) is 5.82 Å². The fourth-order valence-electron chi connectivity index (χ4n) is 3.01. The van der Waals surface area contributed by atoms with Gasteiger partial charge in [0.15, 0.2) is 0 Å². The second kappa shape index (κ2) is 6.49. The van der Waals surface area contributed by atoms with Crippen LogP contribution >= 0.6 is 0 Å². The summed E-state index contributed by atoms with van der Waals surface area (Å²) in [7, 11) is 4.21. The number of benzene rings is 1. The van der Waals surface area contributed by atoms with Gasteiger partial charge in [-0.1, -0.05) is 6.07 Å². The standard InChI is InChI=1S/C16H25FN2/c1-12-4-5-14(17)10-13(12)11-19(3)16-8-6-15(18-2)7-9-16/h4-5,10,15-16,18H,6-9,11H2,1-3H3. The normalized spacial score (nSPS) is 23.8. The third kappa shape index (κ3) is 3.77. The van der Waals surface area contributed by atoms with Crippen molar-refractivity contribution in [3.05, 3.63) is 35.1 Å². The molecule has 0 bridgehead atoms. The number of rotatable bonds is 4. The fraction of sp³-hybridized carbons (Fsp3) is 0.625. The number of halogens is 1. The van der Waals surface area contributed by atoms with Gasteiger partial charge in [-0.25, -0.2) is 4.39 Å². The molecule has 1 N–H and O–H groups in total. The molecule has 19 heavy (non-hydrogen) atoms. The molecule has 0 spiro atoms. The van der Waals surface area contributed by atoms with Gasteiger partial charge in [0, 0.05) is 18.6 Å². The Balaban J connectivity index is 1.94. The number of hydrogen-bond donors (Lipinski definition) is 1. The second-order valence-electron chi connectivity index (χ2n) is 5.78. The predicted octanol–water partition coefficient (Wildman–Crippen LogP) is 3.10. The summed E-state index contributed by atoms with van der Waals surface area (Å²) in [6.45, 7) is 2.90. The van der Waals surface area contributed by atoms with E-state index in [4.69, 9.17) is 0 Å². The minimum absolute atomic E-state index is 0.132. The minimum atomic E-state index is -0.132. The Hall–Kier alpha value is -0.930. The van der Waals surface area contributed by atoms with Gasteiger partial charge < -0.3 is 5.32 Å². The van der Waals surface area contributed by atoms with Crippen LogP contribution < -0.4 is 5.32 Å². The first kappa shape index (κ1) is 14.5. The molecule has 2 rings (SSSR count). The maximum absolute atomic E-state index is 13.3. The number of aryl methyl sites for hydroxylation is 1. The largest absolute Gasteiger partial charge is 0.317 e. The Labute approximate surface area is 116 Å². The van der Waals surface area contributed by atoms with Gasteiger partial charge in [-0.15, -0.1) is 0 Å². The number of nitrogens with one attached hydrogen (secondary N) is 1. The van der Waals surface area contributed by atoms with Crippen LogP contribution in [0.1, 0.15) is 36.8 Å². The summed E-state index contributed by atoms with van der Waals surface area (Å²) in [5, 5.41) is 3.36. The van der Waals surface area contributed by atoms with Gasteiger partial charge >= 0.3 is 0 Å². The van der Waals surface area contributed by atoms with Crippen molar-refractivity contribution in [3.8, 4) is 0 Å². The zero-order valence-electron chi connectivity index (χ0n) is 12.2. The lowest BCUT2D eigenvalue weighted by Crippen LogP contribution is -2.39. The van der Waals surface area contributed by atoms with Crippen molar-refractivity contribution in [2.75, 3.05) is 14.1 Å². The first-order valence-electron chi connectivity index (χ1n) is 7.22. The molecule has 0 saturated heterocycles. The molecule has 0 heterocycles. The molecule has 106 valence electrons. The van der Waals surface area contributed by atoms with Crippen LogP contribution in [0.5, 0.6) is 0 Å². The summed E-state index contributed by atoms with van der Waals surface area (Å²) in [6, 6.07) is 6.39. The van der Waals surface area contributed by atoms with Crippen molar-refractivity contribution in [1.82, 2.24) is 10.2 Å². The monoisotopic (exact) mass is 264 g/mol. The van der Waals surface area contributed by atoms with E-state index in [1.54, 1.807) is 6.07 Å². The number of hydrogen-bond acceptors (Lipinski definition) is 2. The molecule has 0 amide bonds. The van der Waals surface area contributed by atoms with Crippen LogP contribution in [0.3, 0.4) is 0 Å². The summed E-state index contributed by atoms with van der Waals surface area (Å²) in [5.41, 5.74) is 2.29. The first-order chi connectivity index (χ1) is 9.10. The highest BCUT2D eigenvalue weighted by atomic mass is 19.1. The average Bonchev–Trinajstić information content (AvgIpc) is 2.43. The highest BCUT2D eigenvalue weighted by molar-refractivity contribution is 5.26. The predicted molar refractivity (Wildman–Crippen MR) is 77.7 cm³/mol. The molecule has 0 aliphatic heterocycles. The smallest absolute Gasteiger partial charge is 0.123 e. The molecule has 3 heteroatoms. The maximum atomic E-state index is 13.3. The Morgan fingerprint density at radius 1 is 1.26 bits per heavy atom. The first-order valence-corrected chi connectivity index (χ1v) is 7.22. The highest BCUT2D eigenvalue weighted by Crippen LogP contribution is 2.24. The van der Waals surface area contributed by atoms with E-state index in [1.807, 2.05) is 13.1 Å². The van der Waals surface area contributed by atoms with Crippen molar-refractivity contribution < 1.29 is 4.39 Å². The van der Waals surface area contributed by atoms with E-state index in [1.165, 1.54) is 37.3 Å². The maximum Gasteiger partial charge on any atom is 0.123 e. The van der Waals surface area contributed by atoms with E-state index in [9.17, 15) is 4.39 Å². The Morgan fingerprint density at radius 2 is 1.95 bits per heavy atom. The van der Waals surface area contributed by atoms with E-state index in [-0.39, 0.29) is 5.82 Å². The summed E-state index contributed by atoms with van der Waals surface area (Å²) in [5.74, 6) is -0.132. The zero-order valence-corrected chi connectivity index (χ0v) is 12.2. The van der Waals surface area contributed by atoms with E-state index in [0.29, 0.717) is 12.1 Å². The SMILES string of the molecule is CNC1CCC(N(C)Cc2cc(F)ccc2C)CC1. The molecule has 0 radical (unpaired) electrons. The minimum Gasteiger partial charge on any atom is -0.317 e. The van der Waals surface area contributed by atoms with Crippen LogP contribution in [0.4, 0.5) is 4.39 Å². The molecule has 0 unspecified atom stereocenters. The van der Waals surface area contributed by atoms with Gasteiger partial charge in [-0.05, 0) is 70.0 Å². The van der Waals surface area contributed by atoms with E-state index in [2.05, 4.69) is 24.2 Å². The van der Waals surface area contributed by atoms with Crippen LogP contribution in [-0.2, 0) is 6.54 Å². The summed E-state index contributed by atoms with van der Waals surface area (Å²) >= 11 is 0. The van der Waals surface area contributed by atoms with Crippen LogP contribution in [0, 0.1) is 12.7 Å². The molecule has 0 atom stereocenters. The topological polar surface area (TPSA) is 15.3 Å². The summed E-state index contributed by atoms with van der Waals surface area (Å²) in [4.78, 5) is 2.38. The van der Waals surface area contributed by atoms with Gasteiger partial charge in [0.25, 0.3) is 0 Å². The summed E-state index contributed by atoms with van der Waals surface area (Å²) in [6.07, 6.45) is 4.95. The lowest BCUT2D eigenvalue weighted by atomic mass is 9.90. The molecule has 1 saturated carbocycles. The van der Waals surface area contributed by atoms with Crippen molar-refractivity contribution in [2.45, 2.75) is 51.2 Å². The quantitative estimate of drug-likeness (QED) is 0.899. The molecule has 2 nitrogen and oxygen atoms in total. The van der Waals surface area contributed by atoms with Crippen molar-refractivity contribution in [2.24, 2.45) is 0 Å². The van der Waals surface area contributed by atoms with Crippen molar-refractivity contribution in [1.29, 1.82) is 0 Å². The van der Waals surface area contributed by atoms with Crippen molar-refractivity contribution >= 4 is 0 Å². The summed E-state index contributed by atoms with van der Waals surface area (Å²) < 4.78 is 13.3. The van der Waals surface area contributed by atoms with Crippen molar-refractivity contribution in [3.63, 3.8) is 0 Å². The Bertz CT molecular complexity index is 411. The average molecular weight is 264 g/mol. The fourth-order valence-corrected chi connectivity index (χ4v) is 3.01. The van der Waals surface area contributed by atoms with Crippen LogP contribution in [0.2, 0.25) is 0 Å². The van der Waals surface area contributed by atoms with E-state index >= 15 is 0 Å². The molecule has 1 fully saturated rings. The van der Waals surface area contributed by atoms with Crippen LogP contribution in [0.15, 0.2) is 18.2 Å². The van der Waals surface area contributed by atoms with Gasteiger partial charge in [0.2, 0.25) is 0 Å². The molecular weight excluding hydrogens is 239 g/mol.